The van der Waals surface area contributed by atoms with Gasteiger partial charge in [0.05, 0.1) is 35.4 Å². The first-order valence-electron chi connectivity index (χ1n) is 13.8. The molecule has 0 amide bonds. The van der Waals surface area contributed by atoms with E-state index in [2.05, 4.69) is 15.1 Å². The number of aryl methyl sites for hydroxylation is 1. The lowest BCUT2D eigenvalue weighted by Crippen LogP contribution is -2.50. The van der Waals surface area contributed by atoms with E-state index in [0.717, 1.165) is 23.9 Å². The Labute approximate surface area is 233 Å². The largest absolute Gasteiger partial charge is 0.418 e. The minimum atomic E-state index is -4.66. The number of halogens is 4. The molecule has 3 fully saturated rings. The fourth-order valence-electron chi connectivity index (χ4n) is 6.46. The van der Waals surface area contributed by atoms with Gasteiger partial charge < -0.3 is 9.30 Å². The molecule has 4 aromatic rings. The zero-order chi connectivity index (χ0) is 28.7. The fourth-order valence-corrected chi connectivity index (χ4v) is 6.46. The van der Waals surface area contributed by atoms with Gasteiger partial charge in [-0.1, -0.05) is 12.1 Å². The summed E-state index contributed by atoms with van der Waals surface area (Å²) in [6.07, 6.45) is 1.36. The standard InChI is InChI=1S/C29H30F4N6O2/c1-18(37-9-8-27(14-37)6-7-27)19-10-22(29(31,32)33)23-13-38(26(40)39(23)12-19)21-5-3-4-20(11-21)28(15-41-16-28)24(30)25-35-34-17-36(25)2/h3-5,10-13,17-18,24H,6-9,14-16H2,1-2H3/t18?,24-/m0/s1. The molecule has 1 aromatic carbocycles. The summed E-state index contributed by atoms with van der Waals surface area (Å²) >= 11 is 0. The maximum absolute atomic E-state index is 15.9. The number of imidazole rings is 1. The summed E-state index contributed by atoms with van der Waals surface area (Å²) in [4.78, 5) is 15.9. The second-order valence-corrected chi connectivity index (χ2v) is 12.0. The van der Waals surface area contributed by atoms with Crippen molar-refractivity contribution in [3.63, 3.8) is 0 Å². The van der Waals surface area contributed by atoms with Crippen LogP contribution in [0.5, 0.6) is 0 Å². The number of aromatic nitrogens is 5. The Morgan fingerprint density at radius 3 is 2.49 bits per heavy atom. The van der Waals surface area contributed by atoms with E-state index >= 15 is 4.39 Å². The molecule has 41 heavy (non-hydrogen) atoms. The summed E-state index contributed by atoms with van der Waals surface area (Å²) < 4.78 is 68.1. The summed E-state index contributed by atoms with van der Waals surface area (Å²) in [6.45, 7) is 3.78. The van der Waals surface area contributed by atoms with Crippen LogP contribution in [-0.4, -0.2) is 54.9 Å². The summed E-state index contributed by atoms with van der Waals surface area (Å²) in [6, 6.07) is 7.58. The van der Waals surface area contributed by atoms with Crippen LogP contribution in [-0.2, 0) is 23.4 Å². The van der Waals surface area contributed by atoms with E-state index in [9.17, 15) is 18.0 Å². The molecule has 1 unspecified atom stereocenters. The zero-order valence-electron chi connectivity index (χ0n) is 22.7. The lowest BCUT2D eigenvalue weighted by Gasteiger charge is -2.43. The topological polar surface area (TPSA) is 69.6 Å². The molecule has 1 aliphatic carbocycles. The van der Waals surface area contributed by atoms with Gasteiger partial charge in [0, 0.05) is 32.0 Å². The maximum Gasteiger partial charge on any atom is 0.418 e. The molecule has 3 aliphatic rings. The molecule has 2 saturated heterocycles. The molecule has 1 spiro atoms. The van der Waals surface area contributed by atoms with Crippen LogP contribution in [0.15, 0.2) is 53.8 Å². The van der Waals surface area contributed by atoms with Crippen LogP contribution >= 0.6 is 0 Å². The molecule has 0 bridgehead atoms. The Balaban J connectivity index is 1.30. The number of fused-ring (bicyclic) bond motifs is 1. The minimum Gasteiger partial charge on any atom is -0.379 e. The van der Waals surface area contributed by atoms with E-state index < -0.39 is 29.0 Å². The van der Waals surface area contributed by atoms with Crippen molar-refractivity contribution in [2.24, 2.45) is 12.5 Å². The summed E-state index contributed by atoms with van der Waals surface area (Å²) in [5.74, 6) is 0.146. The van der Waals surface area contributed by atoms with Gasteiger partial charge in [-0.2, -0.15) is 13.2 Å². The Kier molecular flexibility index (Phi) is 5.79. The Bertz CT molecular complexity index is 1700. The SMILES string of the molecule is CC(c1cc(C(F)(F)F)c2cn(-c3cccc(C4([C@@H](F)c5nncn5C)COC4)c3)c(=O)n2c1)N1CCC2(CC2)C1. The molecule has 1 saturated carbocycles. The second-order valence-electron chi connectivity index (χ2n) is 12.0. The van der Waals surface area contributed by atoms with Crippen LogP contribution in [0.4, 0.5) is 17.6 Å². The van der Waals surface area contributed by atoms with E-state index in [1.54, 1.807) is 31.3 Å². The van der Waals surface area contributed by atoms with Crippen LogP contribution in [0.1, 0.15) is 60.9 Å². The van der Waals surface area contributed by atoms with Crippen molar-refractivity contribution in [3.8, 4) is 5.69 Å². The minimum absolute atomic E-state index is 0.0916. The molecule has 3 aromatic heterocycles. The molecule has 216 valence electrons. The molecule has 0 N–H and O–H groups in total. The third kappa shape index (κ3) is 4.13. The highest BCUT2D eigenvalue weighted by atomic mass is 19.4. The summed E-state index contributed by atoms with van der Waals surface area (Å²) in [5.41, 5.74) is -1.10. The third-order valence-corrected chi connectivity index (χ3v) is 9.43. The number of hydrogen-bond acceptors (Lipinski definition) is 5. The number of benzene rings is 1. The van der Waals surface area contributed by atoms with E-state index in [1.807, 2.05) is 6.92 Å². The highest BCUT2D eigenvalue weighted by molar-refractivity contribution is 5.58. The molecule has 7 rings (SSSR count). The normalized spacial score (nSPS) is 21.3. The van der Waals surface area contributed by atoms with Crippen molar-refractivity contribution in [1.29, 1.82) is 0 Å². The highest BCUT2D eigenvalue weighted by Gasteiger charge is 2.51. The van der Waals surface area contributed by atoms with Gasteiger partial charge in [-0.05, 0) is 67.5 Å². The van der Waals surface area contributed by atoms with Crippen LogP contribution in [0, 0.1) is 5.41 Å². The number of hydrogen-bond donors (Lipinski definition) is 0. The average Bonchev–Trinajstić information content (AvgIpc) is 3.19. The number of alkyl halides is 4. The molecule has 5 heterocycles. The van der Waals surface area contributed by atoms with Gasteiger partial charge in [0.15, 0.2) is 12.0 Å². The van der Waals surface area contributed by atoms with Gasteiger partial charge in [-0.25, -0.2) is 9.18 Å². The molecule has 12 heteroatoms. The van der Waals surface area contributed by atoms with Gasteiger partial charge in [-0.15, -0.1) is 10.2 Å². The van der Waals surface area contributed by atoms with Gasteiger partial charge in [-0.3, -0.25) is 13.9 Å². The summed E-state index contributed by atoms with van der Waals surface area (Å²) in [7, 11) is 1.65. The Morgan fingerprint density at radius 1 is 1.10 bits per heavy atom. The maximum atomic E-state index is 15.9. The molecule has 0 radical (unpaired) electrons. The van der Waals surface area contributed by atoms with Crippen LogP contribution < -0.4 is 5.69 Å². The zero-order valence-corrected chi connectivity index (χ0v) is 22.7. The number of rotatable bonds is 6. The molecule has 8 nitrogen and oxygen atoms in total. The molecule has 2 atom stereocenters. The monoisotopic (exact) mass is 570 g/mol. The lowest BCUT2D eigenvalue weighted by atomic mass is 9.74. The average molecular weight is 571 g/mol. The number of nitrogens with zero attached hydrogens (tertiary/aromatic N) is 6. The van der Waals surface area contributed by atoms with Gasteiger partial charge in [0.1, 0.15) is 6.33 Å². The first-order valence-corrected chi connectivity index (χ1v) is 13.8. The number of likely N-dealkylation sites (tertiary alicyclic amines) is 1. The first kappa shape index (κ1) is 26.4. The van der Waals surface area contributed by atoms with E-state index in [-0.39, 0.29) is 30.6 Å². The molecular formula is C29H30F4N6O2. The van der Waals surface area contributed by atoms with Gasteiger partial charge in [0.25, 0.3) is 0 Å². The van der Waals surface area contributed by atoms with Crippen molar-refractivity contribution in [2.75, 3.05) is 26.3 Å². The number of ether oxygens (including phenoxy) is 1. The molecular weight excluding hydrogens is 540 g/mol. The second kappa shape index (κ2) is 8.99. The number of pyridine rings is 1. The summed E-state index contributed by atoms with van der Waals surface area (Å²) in [5, 5.41) is 7.70. The highest BCUT2D eigenvalue weighted by Crippen LogP contribution is 2.54. The van der Waals surface area contributed by atoms with Crippen molar-refractivity contribution in [2.45, 2.75) is 50.0 Å². The van der Waals surface area contributed by atoms with Crippen molar-refractivity contribution >= 4 is 5.52 Å². The van der Waals surface area contributed by atoms with Gasteiger partial charge in [0.2, 0.25) is 0 Å². The smallest absolute Gasteiger partial charge is 0.379 e. The van der Waals surface area contributed by atoms with Crippen LogP contribution in [0.2, 0.25) is 0 Å². The quantitative estimate of drug-likeness (QED) is 0.313. The Morgan fingerprint density at radius 2 is 1.88 bits per heavy atom. The van der Waals surface area contributed by atoms with Crippen LogP contribution in [0.25, 0.3) is 11.2 Å². The van der Waals surface area contributed by atoms with Crippen LogP contribution in [0.3, 0.4) is 0 Å². The van der Waals surface area contributed by atoms with Crippen molar-refractivity contribution in [1.82, 2.24) is 28.6 Å². The third-order valence-electron chi connectivity index (χ3n) is 9.43. The van der Waals surface area contributed by atoms with Gasteiger partial charge >= 0.3 is 11.9 Å². The van der Waals surface area contributed by atoms with E-state index in [0.29, 0.717) is 22.2 Å². The Hall–Kier alpha value is -3.51. The van der Waals surface area contributed by atoms with E-state index in [4.69, 9.17) is 4.74 Å². The van der Waals surface area contributed by atoms with Crippen molar-refractivity contribution < 1.29 is 22.3 Å². The molecule has 2 aliphatic heterocycles. The predicted octanol–water partition coefficient (Wildman–Crippen LogP) is 4.76. The predicted molar refractivity (Wildman–Crippen MR) is 142 cm³/mol. The first-order chi connectivity index (χ1) is 19.5. The van der Waals surface area contributed by atoms with Crippen molar-refractivity contribution in [3.05, 3.63) is 82.1 Å². The van der Waals surface area contributed by atoms with E-state index in [1.165, 1.54) is 46.8 Å². The fraction of sp³-hybridized carbons (Fsp3) is 0.483. The lowest BCUT2D eigenvalue weighted by molar-refractivity contribution is -0.136.